The molecule has 1 N–H and O–H groups in total. The highest BCUT2D eigenvalue weighted by Crippen LogP contribution is 2.25. The molecule has 0 aliphatic carbocycles. The standard InChI is InChI=1S/C14H19F2N/c1-4-14(3,10-17-5-2)9-11-8-12(15)6-7-13(11)16/h4,6-8,17H,1,5,9-10H2,2-3H3. The van der Waals surface area contributed by atoms with Crippen molar-refractivity contribution in [2.75, 3.05) is 13.1 Å². The summed E-state index contributed by atoms with van der Waals surface area (Å²) in [5.74, 6) is -0.771. The lowest BCUT2D eigenvalue weighted by Crippen LogP contribution is -2.32. The number of nitrogens with one attached hydrogen (secondary N) is 1. The van der Waals surface area contributed by atoms with Gasteiger partial charge in [0.2, 0.25) is 0 Å². The quantitative estimate of drug-likeness (QED) is 0.751. The van der Waals surface area contributed by atoms with E-state index in [1.807, 2.05) is 13.8 Å². The first-order valence-corrected chi connectivity index (χ1v) is 5.79. The van der Waals surface area contributed by atoms with Crippen molar-refractivity contribution >= 4 is 0 Å². The monoisotopic (exact) mass is 239 g/mol. The minimum Gasteiger partial charge on any atom is -0.316 e. The molecule has 1 nitrogen and oxygen atoms in total. The topological polar surface area (TPSA) is 12.0 Å². The molecule has 0 aromatic heterocycles. The Bertz CT molecular complexity index is 390. The van der Waals surface area contributed by atoms with Gasteiger partial charge in [-0.25, -0.2) is 8.78 Å². The van der Waals surface area contributed by atoms with Crippen molar-refractivity contribution in [2.24, 2.45) is 5.41 Å². The van der Waals surface area contributed by atoms with Crippen molar-refractivity contribution in [3.63, 3.8) is 0 Å². The van der Waals surface area contributed by atoms with Gasteiger partial charge in [-0.1, -0.05) is 19.9 Å². The molecule has 0 saturated heterocycles. The zero-order valence-electron chi connectivity index (χ0n) is 10.4. The fraction of sp³-hybridized carbons (Fsp3) is 0.429. The summed E-state index contributed by atoms with van der Waals surface area (Å²) >= 11 is 0. The average molecular weight is 239 g/mol. The number of benzene rings is 1. The third-order valence-corrected chi connectivity index (χ3v) is 2.87. The number of hydrogen-bond acceptors (Lipinski definition) is 1. The molecule has 0 radical (unpaired) electrons. The first-order chi connectivity index (χ1) is 8.00. The van der Waals surface area contributed by atoms with Crippen molar-refractivity contribution in [1.82, 2.24) is 5.32 Å². The van der Waals surface area contributed by atoms with Gasteiger partial charge in [-0.3, -0.25) is 0 Å². The van der Waals surface area contributed by atoms with Crippen LogP contribution in [0, 0.1) is 17.0 Å². The van der Waals surface area contributed by atoms with Gasteiger partial charge < -0.3 is 5.32 Å². The Labute approximate surface area is 102 Å². The van der Waals surface area contributed by atoms with Gasteiger partial charge in [-0.15, -0.1) is 6.58 Å². The maximum atomic E-state index is 13.5. The van der Waals surface area contributed by atoms with Gasteiger partial charge in [0.15, 0.2) is 0 Å². The van der Waals surface area contributed by atoms with Crippen LogP contribution in [0.25, 0.3) is 0 Å². The van der Waals surface area contributed by atoms with E-state index in [0.717, 1.165) is 12.6 Å². The highest BCUT2D eigenvalue weighted by molar-refractivity contribution is 5.21. The zero-order chi connectivity index (χ0) is 12.9. The summed E-state index contributed by atoms with van der Waals surface area (Å²) in [6, 6.07) is 3.55. The Morgan fingerprint density at radius 2 is 2.12 bits per heavy atom. The van der Waals surface area contributed by atoms with Crippen molar-refractivity contribution < 1.29 is 8.78 Å². The minimum absolute atomic E-state index is 0.273. The van der Waals surface area contributed by atoms with Crippen molar-refractivity contribution in [1.29, 1.82) is 0 Å². The molecule has 0 bridgehead atoms. The van der Waals surface area contributed by atoms with E-state index in [0.29, 0.717) is 18.5 Å². The van der Waals surface area contributed by atoms with Gasteiger partial charge in [0.25, 0.3) is 0 Å². The van der Waals surface area contributed by atoms with Crippen LogP contribution in [0.4, 0.5) is 8.78 Å². The average Bonchev–Trinajstić information content (AvgIpc) is 2.31. The molecule has 1 rings (SSSR count). The largest absolute Gasteiger partial charge is 0.316 e. The van der Waals surface area contributed by atoms with Crippen LogP contribution in [0.1, 0.15) is 19.4 Å². The zero-order valence-corrected chi connectivity index (χ0v) is 10.4. The number of halogens is 2. The van der Waals surface area contributed by atoms with Crippen LogP contribution in [-0.4, -0.2) is 13.1 Å². The van der Waals surface area contributed by atoms with Crippen LogP contribution in [0.5, 0.6) is 0 Å². The van der Waals surface area contributed by atoms with Gasteiger partial charge in [-0.2, -0.15) is 0 Å². The Morgan fingerprint density at radius 3 is 2.71 bits per heavy atom. The Morgan fingerprint density at radius 1 is 1.41 bits per heavy atom. The summed E-state index contributed by atoms with van der Waals surface area (Å²) in [5.41, 5.74) is 0.121. The second-order valence-corrected chi connectivity index (χ2v) is 4.55. The summed E-state index contributed by atoms with van der Waals surface area (Å²) in [6.07, 6.45) is 2.23. The van der Waals surface area contributed by atoms with E-state index in [1.165, 1.54) is 12.1 Å². The molecular weight excluding hydrogens is 220 g/mol. The summed E-state index contributed by atoms with van der Waals surface area (Å²) in [7, 11) is 0. The fourth-order valence-corrected chi connectivity index (χ4v) is 1.73. The Balaban J connectivity index is 2.86. The minimum atomic E-state index is -0.406. The molecule has 17 heavy (non-hydrogen) atoms. The van der Waals surface area contributed by atoms with Crippen LogP contribution < -0.4 is 5.32 Å². The van der Waals surface area contributed by atoms with E-state index in [9.17, 15) is 8.78 Å². The van der Waals surface area contributed by atoms with Crippen LogP contribution in [0.15, 0.2) is 30.9 Å². The van der Waals surface area contributed by atoms with E-state index in [-0.39, 0.29) is 11.2 Å². The molecule has 1 aromatic rings. The van der Waals surface area contributed by atoms with Crippen molar-refractivity contribution in [3.8, 4) is 0 Å². The third-order valence-electron chi connectivity index (χ3n) is 2.87. The lowest BCUT2D eigenvalue weighted by Gasteiger charge is -2.26. The van der Waals surface area contributed by atoms with Crippen LogP contribution in [-0.2, 0) is 6.42 Å². The lowest BCUT2D eigenvalue weighted by molar-refractivity contribution is 0.388. The molecular formula is C14H19F2N. The molecule has 94 valence electrons. The highest BCUT2D eigenvalue weighted by atomic mass is 19.1. The molecule has 1 unspecified atom stereocenters. The Hall–Kier alpha value is -1.22. The molecule has 1 aromatic carbocycles. The van der Waals surface area contributed by atoms with E-state index in [4.69, 9.17) is 0 Å². The summed E-state index contributed by atoms with van der Waals surface area (Å²) in [6.45, 7) is 9.30. The van der Waals surface area contributed by atoms with Gasteiger partial charge in [0.05, 0.1) is 0 Å². The van der Waals surface area contributed by atoms with Gasteiger partial charge in [-0.05, 0) is 36.7 Å². The maximum absolute atomic E-state index is 13.5. The third kappa shape index (κ3) is 3.93. The first-order valence-electron chi connectivity index (χ1n) is 5.79. The van der Waals surface area contributed by atoms with Gasteiger partial charge >= 0.3 is 0 Å². The van der Waals surface area contributed by atoms with Crippen LogP contribution >= 0.6 is 0 Å². The highest BCUT2D eigenvalue weighted by Gasteiger charge is 2.22. The molecule has 0 amide bonds. The van der Waals surface area contributed by atoms with Gasteiger partial charge in [0.1, 0.15) is 11.6 Å². The lowest BCUT2D eigenvalue weighted by atomic mass is 9.83. The SMILES string of the molecule is C=CC(C)(CNCC)Cc1cc(F)ccc1F. The molecule has 0 heterocycles. The van der Waals surface area contributed by atoms with Crippen molar-refractivity contribution in [3.05, 3.63) is 48.1 Å². The van der Waals surface area contributed by atoms with E-state index in [1.54, 1.807) is 6.08 Å². The summed E-state index contributed by atoms with van der Waals surface area (Å²) in [5, 5.41) is 3.21. The van der Waals surface area contributed by atoms with Crippen molar-refractivity contribution in [2.45, 2.75) is 20.3 Å². The predicted molar refractivity (Wildman–Crippen MR) is 66.9 cm³/mol. The summed E-state index contributed by atoms with van der Waals surface area (Å²) < 4.78 is 26.6. The fourth-order valence-electron chi connectivity index (χ4n) is 1.73. The van der Waals surface area contributed by atoms with E-state index >= 15 is 0 Å². The molecule has 0 spiro atoms. The maximum Gasteiger partial charge on any atom is 0.126 e. The van der Waals surface area contributed by atoms with Gasteiger partial charge in [0, 0.05) is 12.0 Å². The normalized spacial score (nSPS) is 14.4. The second kappa shape index (κ2) is 5.92. The Kier molecular flexibility index (Phi) is 4.82. The molecule has 0 saturated carbocycles. The molecule has 0 fully saturated rings. The predicted octanol–water partition coefficient (Wildman–Crippen LogP) is 3.31. The smallest absolute Gasteiger partial charge is 0.126 e. The first kappa shape index (κ1) is 13.8. The second-order valence-electron chi connectivity index (χ2n) is 4.55. The van der Waals surface area contributed by atoms with Crippen LogP contribution in [0.3, 0.4) is 0 Å². The molecule has 1 atom stereocenters. The number of hydrogen-bond donors (Lipinski definition) is 1. The molecule has 3 heteroatoms. The van der Waals surface area contributed by atoms with E-state index in [2.05, 4.69) is 11.9 Å². The van der Waals surface area contributed by atoms with Crippen LogP contribution in [0.2, 0.25) is 0 Å². The molecule has 0 aliphatic rings. The summed E-state index contributed by atoms with van der Waals surface area (Å²) in [4.78, 5) is 0. The molecule has 0 aliphatic heterocycles. The number of rotatable bonds is 6. The van der Waals surface area contributed by atoms with E-state index < -0.39 is 5.82 Å².